The highest BCUT2D eigenvalue weighted by atomic mass is 16.6. The minimum absolute atomic E-state index is 0.0104. The number of carbonyl (C=O) groups is 1. The van der Waals surface area contributed by atoms with Gasteiger partial charge in [0.05, 0.1) is 0 Å². The van der Waals surface area contributed by atoms with Crippen molar-refractivity contribution in [1.29, 1.82) is 0 Å². The first-order chi connectivity index (χ1) is 8.80. The summed E-state index contributed by atoms with van der Waals surface area (Å²) in [4.78, 5) is 12.5. The summed E-state index contributed by atoms with van der Waals surface area (Å²) in [6, 6.07) is 0. The van der Waals surface area contributed by atoms with Crippen LogP contribution in [0, 0.1) is 11.3 Å². The average molecular weight is 238 g/mol. The Bertz CT molecular complexity index is 617. The Morgan fingerprint density at radius 2 is 2.00 bits per heavy atom. The van der Waals surface area contributed by atoms with Crippen molar-refractivity contribution in [3.05, 3.63) is 46.6 Å². The van der Waals surface area contributed by atoms with Crippen molar-refractivity contribution >= 4 is 5.97 Å². The molecule has 1 heterocycles. The van der Waals surface area contributed by atoms with Gasteiger partial charge < -0.3 is 4.74 Å². The van der Waals surface area contributed by atoms with Gasteiger partial charge >= 0.3 is 5.97 Å². The Hall–Kier alpha value is -1.57. The van der Waals surface area contributed by atoms with Gasteiger partial charge in [0.2, 0.25) is 0 Å². The lowest BCUT2D eigenvalue weighted by atomic mass is 9.59. The molecule has 2 heteroatoms. The molecule has 0 saturated carbocycles. The SMILES string of the molecule is O=C1OC2C=CC3=C(CC3)C2C12C=CC1=C2CC1. The maximum absolute atomic E-state index is 12.5. The van der Waals surface area contributed by atoms with E-state index in [0.717, 1.165) is 19.3 Å². The molecule has 1 spiro atoms. The molecule has 0 radical (unpaired) electrons. The maximum atomic E-state index is 12.5. The van der Waals surface area contributed by atoms with E-state index in [1.807, 2.05) is 0 Å². The molecule has 3 atom stereocenters. The van der Waals surface area contributed by atoms with Gasteiger partial charge in [0, 0.05) is 5.92 Å². The summed E-state index contributed by atoms with van der Waals surface area (Å²) >= 11 is 0. The van der Waals surface area contributed by atoms with Crippen molar-refractivity contribution in [3.8, 4) is 0 Å². The molecule has 4 aliphatic carbocycles. The van der Waals surface area contributed by atoms with Gasteiger partial charge in [0.1, 0.15) is 11.5 Å². The van der Waals surface area contributed by atoms with Crippen molar-refractivity contribution in [2.45, 2.75) is 31.8 Å². The molecule has 1 saturated heterocycles. The van der Waals surface area contributed by atoms with Crippen LogP contribution in [0.25, 0.3) is 0 Å². The topological polar surface area (TPSA) is 26.3 Å². The second-order valence-corrected chi connectivity index (χ2v) is 5.96. The van der Waals surface area contributed by atoms with Crippen molar-refractivity contribution in [3.63, 3.8) is 0 Å². The third kappa shape index (κ3) is 0.789. The fraction of sp³-hybridized carbons (Fsp3) is 0.438. The standard InChI is InChI=1S/C16H14O2/c17-15-16(8-7-10-2-5-12(10)16)14-11-4-1-9(11)3-6-13(14)18-15/h3,6-8,13-14H,1-2,4-5H2. The highest BCUT2D eigenvalue weighted by molar-refractivity contribution is 5.90. The molecule has 2 nitrogen and oxygen atoms in total. The summed E-state index contributed by atoms with van der Waals surface area (Å²) < 4.78 is 5.66. The van der Waals surface area contributed by atoms with Crippen molar-refractivity contribution in [2.24, 2.45) is 11.3 Å². The van der Waals surface area contributed by atoms with Gasteiger partial charge in [-0.3, -0.25) is 4.79 Å². The number of hydrogen-bond donors (Lipinski definition) is 0. The molecule has 18 heavy (non-hydrogen) atoms. The van der Waals surface area contributed by atoms with Gasteiger partial charge in [-0.2, -0.15) is 0 Å². The van der Waals surface area contributed by atoms with E-state index in [1.165, 1.54) is 28.7 Å². The number of ether oxygens (including phenoxy) is 1. The van der Waals surface area contributed by atoms with E-state index in [-0.39, 0.29) is 18.0 Å². The lowest BCUT2D eigenvalue weighted by molar-refractivity contribution is -0.144. The smallest absolute Gasteiger partial charge is 0.321 e. The van der Waals surface area contributed by atoms with E-state index >= 15 is 0 Å². The molecule has 5 rings (SSSR count). The summed E-state index contributed by atoms with van der Waals surface area (Å²) in [5.41, 5.74) is 5.27. The number of fused-ring (bicyclic) bond motifs is 4. The summed E-state index contributed by atoms with van der Waals surface area (Å²) in [6.45, 7) is 0. The van der Waals surface area contributed by atoms with E-state index in [4.69, 9.17) is 4.74 Å². The van der Waals surface area contributed by atoms with Crippen LogP contribution in [0.4, 0.5) is 0 Å². The minimum Gasteiger partial charge on any atom is -0.456 e. The number of allylic oxidation sites excluding steroid dienone is 4. The summed E-state index contributed by atoms with van der Waals surface area (Å²) in [5.74, 6) is 0.256. The van der Waals surface area contributed by atoms with Crippen molar-refractivity contribution < 1.29 is 9.53 Å². The van der Waals surface area contributed by atoms with Crippen LogP contribution in [0.5, 0.6) is 0 Å². The van der Waals surface area contributed by atoms with Gasteiger partial charge in [-0.25, -0.2) is 0 Å². The molecule has 0 aromatic carbocycles. The van der Waals surface area contributed by atoms with Gasteiger partial charge in [-0.1, -0.05) is 23.8 Å². The third-order valence-corrected chi connectivity index (χ3v) is 5.42. The fourth-order valence-electron chi connectivity index (χ4n) is 4.34. The van der Waals surface area contributed by atoms with Crippen LogP contribution in [0.1, 0.15) is 25.7 Å². The molecule has 0 amide bonds. The number of carbonyl (C=O) groups excluding carboxylic acids is 1. The summed E-state index contributed by atoms with van der Waals surface area (Å²) in [7, 11) is 0. The molecule has 0 aromatic heterocycles. The molecule has 1 fully saturated rings. The van der Waals surface area contributed by atoms with Crippen LogP contribution in [-0.4, -0.2) is 12.1 Å². The zero-order chi connectivity index (χ0) is 11.9. The molecule has 0 bridgehead atoms. The summed E-state index contributed by atoms with van der Waals surface area (Å²) in [6.07, 6.45) is 13.1. The fourth-order valence-corrected chi connectivity index (χ4v) is 4.34. The average Bonchev–Trinajstić information content (AvgIpc) is 2.67. The molecule has 3 unspecified atom stereocenters. The molecule has 1 aliphatic heterocycles. The van der Waals surface area contributed by atoms with Gasteiger partial charge in [0.25, 0.3) is 0 Å². The lowest BCUT2D eigenvalue weighted by Gasteiger charge is -2.40. The normalized spacial score (nSPS) is 42.6. The first-order valence-electron chi connectivity index (χ1n) is 6.83. The Morgan fingerprint density at radius 1 is 1.11 bits per heavy atom. The zero-order valence-electron chi connectivity index (χ0n) is 10.1. The molecule has 90 valence electrons. The molecular weight excluding hydrogens is 224 g/mol. The Morgan fingerprint density at radius 3 is 2.67 bits per heavy atom. The van der Waals surface area contributed by atoms with Crippen molar-refractivity contribution in [2.75, 3.05) is 0 Å². The van der Waals surface area contributed by atoms with E-state index < -0.39 is 5.41 Å². The van der Waals surface area contributed by atoms with Crippen LogP contribution < -0.4 is 0 Å². The van der Waals surface area contributed by atoms with Gasteiger partial charge in [-0.05, 0) is 48.5 Å². The number of esters is 1. The second-order valence-electron chi connectivity index (χ2n) is 5.96. The van der Waals surface area contributed by atoms with Crippen LogP contribution in [-0.2, 0) is 9.53 Å². The Kier molecular flexibility index (Phi) is 1.41. The van der Waals surface area contributed by atoms with Crippen LogP contribution in [0.2, 0.25) is 0 Å². The lowest BCUT2D eigenvalue weighted by Crippen LogP contribution is -2.39. The van der Waals surface area contributed by atoms with E-state index in [0.29, 0.717) is 0 Å². The quantitative estimate of drug-likeness (QED) is 0.607. The van der Waals surface area contributed by atoms with Crippen LogP contribution in [0.15, 0.2) is 46.6 Å². The van der Waals surface area contributed by atoms with Crippen LogP contribution in [0.3, 0.4) is 0 Å². The zero-order valence-corrected chi connectivity index (χ0v) is 10.1. The molecule has 0 N–H and O–H groups in total. The predicted molar refractivity (Wildman–Crippen MR) is 66.6 cm³/mol. The minimum atomic E-state index is -0.413. The highest BCUT2D eigenvalue weighted by Gasteiger charge is 2.62. The maximum Gasteiger partial charge on any atom is 0.321 e. The van der Waals surface area contributed by atoms with Crippen LogP contribution >= 0.6 is 0 Å². The first-order valence-corrected chi connectivity index (χ1v) is 6.83. The largest absolute Gasteiger partial charge is 0.456 e. The van der Waals surface area contributed by atoms with Crippen molar-refractivity contribution in [1.82, 2.24) is 0 Å². The monoisotopic (exact) mass is 238 g/mol. The molecule has 0 aromatic rings. The van der Waals surface area contributed by atoms with Gasteiger partial charge in [0.15, 0.2) is 0 Å². The van der Waals surface area contributed by atoms with E-state index in [2.05, 4.69) is 24.3 Å². The van der Waals surface area contributed by atoms with E-state index in [9.17, 15) is 4.79 Å². The van der Waals surface area contributed by atoms with E-state index in [1.54, 1.807) is 0 Å². The van der Waals surface area contributed by atoms with Gasteiger partial charge in [-0.15, -0.1) is 0 Å². The Labute approximate surface area is 106 Å². The Balaban J connectivity index is 1.74. The summed E-state index contributed by atoms with van der Waals surface area (Å²) in [5, 5.41) is 0. The molecule has 5 aliphatic rings. The first kappa shape index (κ1) is 9.37. The highest BCUT2D eigenvalue weighted by Crippen LogP contribution is 2.62. The predicted octanol–water partition coefficient (Wildman–Crippen LogP) is 2.83. The second kappa shape index (κ2) is 2.71. The molecular formula is C16H14O2. The number of hydrogen-bond acceptors (Lipinski definition) is 2. The number of rotatable bonds is 0. The third-order valence-electron chi connectivity index (χ3n) is 5.42.